The van der Waals surface area contributed by atoms with E-state index in [1.807, 2.05) is 13.8 Å². The van der Waals surface area contributed by atoms with Crippen molar-refractivity contribution in [2.75, 3.05) is 11.1 Å². The third kappa shape index (κ3) is 3.46. The number of carbonyl (C=O) groups is 1. The Morgan fingerprint density at radius 3 is 2.29 bits per heavy atom. The van der Waals surface area contributed by atoms with E-state index in [1.165, 1.54) is 12.1 Å². The number of halogens is 3. The van der Waals surface area contributed by atoms with Crippen LogP contribution in [0.1, 0.15) is 30.4 Å². The molecule has 0 unspecified atom stereocenters. The number of amides is 1. The van der Waals surface area contributed by atoms with Gasteiger partial charge >= 0.3 is 0 Å². The molecule has 1 aromatic carbocycles. The summed E-state index contributed by atoms with van der Waals surface area (Å²) in [6, 6.07) is 4.73. The van der Waals surface area contributed by atoms with Crippen molar-refractivity contribution < 1.29 is 4.79 Å². The number of rotatable bonds is 3. The molecular formula is C14H14Cl3N3O. The molecule has 7 heteroatoms. The summed E-state index contributed by atoms with van der Waals surface area (Å²) in [5, 5.41) is 3.64. The van der Waals surface area contributed by atoms with Gasteiger partial charge in [-0.25, -0.2) is 0 Å². The molecule has 0 atom stereocenters. The fraction of sp³-hybridized carbons (Fsp3) is 0.214. The third-order valence-corrected chi connectivity index (χ3v) is 3.72. The number of hydrogen-bond acceptors (Lipinski definition) is 2. The number of aromatic nitrogens is 1. The van der Waals surface area contributed by atoms with Crippen LogP contribution < -0.4 is 11.1 Å². The van der Waals surface area contributed by atoms with E-state index in [9.17, 15) is 4.79 Å². The summed E-state index contributed by atoms with van der Waals surface area (Å²) in [6.07, 6.45) is 1.71. The highest BCUT2D eigenvalue weighted by Gasteiger charge is 2.17. The summed E-state index contributed by atoms with van der Waals surface area (Å²) < 4.78 is 1.78. The van der Waals surface area contributed by atoms with Crippen molar-refractivity contribution in [1.29, 1.82) is 0 Å². The first-order chi connectivity index (χ1) is 9.79. The van der Waals surface area contributed by atoms with Gasteiger partial charge in [-0.05, 0) is 32.0 Å². The van der Waals surface area contributed by atoms with Crippen LogP contribution in [-0.2, 0) is 0 Å². The van der Waals surface area contributed by atoms with Gasteiger partial charge in [-0.1, -0.05) is 34.8 Å². The van der Waals surface area contributed by atoms with Crippen molar-refractivity contribution in [2.45, 2.75) is 19.9 Å². The maximum Gasteiger partial charge on any atom is 0.272 e. The fourth-order valence-corrected chi connectivity index (χ4v) is 2.86. The van der Waals surface area contributed by atoms with Gasteiger partial charge in [0.15, 0.2) is 0 Å². The zero-order chi connectivity index (χ0) is 15.7. The lowest BCUT2D eigenvalue weighted by molar-refractivity contribution is 0.101. The molecule has 3 N–H and O–H groups in total. The highest BCUT2D eigenvalue weighted by atomic mass is 35.5. The predicted octanol–water partition coefficient (Wildman–Crippen LogP) is 4.86. The van der Waals surface area contributed by atoms with Crippen LogP contribution in [0.25, 0.3) is 0 Å². The zero-order valence-electron chi connectivity index (χ0n) is 11.5. The number of nitrogen functional groups attached to an aromatic ring is 1. The van der Waals surface area contributed by atoms with Crippen LogP contribution in [0.15, 0.2) is 24.4 Å². The summed E-state index contributed by atoms with van der Waals surface area (Å²) in [4.78, 5) is 12.4. The van der Waals surface area contributed by atoms with Gasteiger partial charge in [0.1, 0.15) is 5.69 Å². The van der Waals surface area contributed by atoms with Gasteiger partial charge < -0.3 is 15.6 Å². The lowest BCUT2D eigenvalue weighted by Crippen LogP contribution is -2.18. The summed E-state index contributed by atoms with van der Waals surface area (Å²) >= 11 is 18.0. The monoisotopic (exact) mass is 345 g/mol. The Balaban J connectivity index is 2.35. The predicted molar refractivity (Wildman–Crippen MR) is 88.7 cm³/mol. The molecule has 2 aromatic rings. The molecule has 4 nitrogen and oxygen atoms in total. The molecule has 0 aliphatic heterocycles. The SMILES string of the molecule is CC(C)n1cc(N)cc1C(=O)Nc1c(Cl)cc(Cl)cc1Cl. The van der Waals surface area contributed by atoms with Crippen LogP contribution in [-0.4, -0.2) is 10.5 Å². The first-order valence-corrected chi connectivity index (χ1v) is 7.36. The fourth-order valence-electron chi connectivity index (χ4n) is 1.95. The van der Waals surface area contributed by atoms with Gasteiger partial charge in [-0.3, -0.25) is 4.79 Å². The first-order valence-electron chi connectivity index (χ1n) is 6.23. The van der Waals surface area contributed by atoms with E-state index in [0.29, 0.717) is 22.1 Å². The standard InChI is InChI=1S/C14H14Cl3N3O/c1-7(2)20-6-9(18)5-12(20)14(21)19-13-10(16)3-8(15)4-11(13)17/h3-7H,18H2,1-2H3,(H,19,21). The second-order valence-electron chi connectivity index (χ2n) is 4.86. The lowest BCUT2D eigenvalue weighted by atomic mass is 10.3. The molecule has 112 valence electrons. The number of hydrogen-bond donors (Lipinski definition) is 2. The minimum Gasteiger partial charge on any atom is -0.397 e. The van der Waals surface area contributed by atoms with Crippen LogP contribution in [0, 0.1) is 0 Å². The largest absolute Gasteiger partial charge is 0.397 e. The molecule has 1 heterocycles. The van der Waals surface area contributed by atoms with Crippen molar-refractivity contribution in [2.24, 2.45) is 0 Å². The van der Waals surface area contributed by atoms with Crippen LogP contribution in [0.3, 0.4) is 0 Å². The normalized spacial score (nSPS) is 11.0. The molecule has 0 aliphatic rings. The second-order valence-corrected chi connectivity index (χ2v) is 6.11. The van der Waals surface area contributed by atoms with Gasteiger partial charge in [-0.15, -0.1) is 0 Å². The van der Waals surface area contributed by atoms with Crippen LogP contribution in [0.5, 0.6) is 0 Å². The van der Waals surface area contributed by atoms with Crippen LogP contribution in [0.4, 0.5) is 11.4 Å². The number of nitrogens with zero attached hydrogens (tertiary/aromatic N) is 1. The molecule has 0 radical (unpaired) electrons. The second kappa shape index (κ2) is 6.18. The number of anilines is 2. The van der Waals surface area contributed by atoms with Crippen molar-refractivity contribution >= 4 is 52.1 Å². The average Bonchev–Trinajstić information content (AvgIpc) is 2.76. The highest BCUT2D eigenvalue weighted by molar-refractivity contribution is 6.42. The van der Waals surface area contributed by atoms with Gasteiger partial charge in [0.25, 0.3) is 5.91 Å². The van der Waals surface area contributed by atoms with E-state index >= 15 is 0 Å². The molecule has 0 aliphatic carbocycles. The Labute approximate surface area is 137 Å². The Hall–Kier alpha value is -1.36. The minimum atomic E-state index is -0.341. The molecule has 0 fully saturated rings. The Kier molecular flexibility index (Phi) is 4.71. The van der Waals surface area contributed by atoms with Gasteiger partial charge in [0, 0.05) is 17.3 Å². The summed E-state index contributed by atoms with van der Waals surface area (Å²) in [5.74, 6) is -0.341. The van der Waals surface area contributed by atoms with Crippen molar-refractivity contribution in [1.82, 2.24) is 4.57 Å². The average molecular weight is 347 g/mol. The van der Waals surface area contributed by atoms with Crippen LogP contribution >= 0.6 is 34.8 Å². The van der Waals surface area contributed by atoms with Gasteiger partial charge in [0.2, 0.25) is 0 Å². The summed E-state index contributed by atoms with van der Waals surface area (Å²) in [5.41, 5.74) is 7.03. The van der Waals surface area contributed by atoms with E-state index in [-0.39, 0.29) is 22.0 Å². The van der Waals surface area contributed by atoms with Crippen molar-refractivity contribution in [3.05, 3.63) is 45.2 Å². The van der Waals surface area contributed by atoms with Gasteiger partial charge in [-0.2, -0.15) is 0 Å². The maximum absolute atomic E-state index is 12.4. The molecular weight excluding hydrogens is 333 g/mol. The van der Waals surface area contributed by atoms with Gasteiger partial charge in [0.05, 0.1) is 21.4 Å². The van der Waals surface area contributed by atoms with E-state index in [1.54, 1.807) is 16.8 Å². The molecule has 0 saturated carbocycles. The Bertz CT molecular complexity index is 672. The van der Waals surface area contributed by atoms with E-state index in [2.05, 4.69) is 5.32 Å². The third-order valence-electron chi connectivity index (χ3n) is 2.90. The number of benzene rings is 1. The minimum absolute atomic E-state index is 0.0965. The van der Waals surface area contributed by atoms with Crippen molar-refractivity contribution in [3.63, 3.8) is 0 Å². The summed E-state index contributed by atoms with van der Waals surface area (Å²) in [7, 11) is 0. The molecule has 0 bridgehead atoms. The molecule has 1 amide bonds. The van der Waals surface area contributed by atoms with Crippen molar-refractivity contribution in [3.8, 4) is 0 Å². The first kappa shape index (κ1) is 16.0. The summed E-state index contributed by atoms with van der Waals surface area (Å²) in [6.45, 7) is 3.91. The number of carbonyl (C=O) groups excluding carboxylic acids is 1. The van der Waals surface area contributed by atoms with E-state index < -0.39 is 0 Å². The maximum atomic E-state index is 12.4. The molecule has 2 rings (SSSR count). The Morgan fingerprint density at radius 1 is 1.19 bits per heavy atom. The quantitative estimate of drug-likeness (QED) is 0.833. The molecule has 1 aromatic heterocycles. The highest BCUT2D eigenvalue weighted by Crippen LogP contribution is 2.34. The molecule has 21 heavy (non-hydrogen) atoms. The molecule has 0 spiro atoms. The topological polar surface area (TPSA) is 60.0 Å². The smallest absolute Gasteiger partial charge is 0.272 e. The van der Waals surface area contributed by atoms with E-state index in [4.69, 9.17) is 40.5 Å². The molecule has 0 saturated heterocycles. The zero-order valence-corrected chi connectivity index (χ0v) is 13.7. The van der Waals surface area contributed by atoms with E-state index in [0.717, 1.165) is 0 Å². The Morgan fingerprint density at radius 2 is 1.76 bits per heavy atom. The lowest BCUT2D eigenvalue weighted by Gasteiger charge is -2.14. The number of nitrogens with two attached hydrogens (primary N) is 1. The number of nitrogens with one attached hydrogen (secondary N) is 1. The van der Waals surface area contributed by atoms with Crippen LogP contribution in [0.2, 0.25) is 15.1 Å².